The number of hydrogen-bond donors (Lipinski definition) is 0. The summed E-state index contributed by atoms with van der Waals surface area (Å²) in [5.74, 6) is -3.12. The summed E-state index contributed by atoms with van der Waals surface area (Å²) in [7, 11) is 1.39. The second-order valence-electron chi connectivity index (χ2n) is 8.73. The van der Waals surface area contributed by atoms with E-state index >= 15 is 0 Å². The van der Waals surface area contributed by atoms with E-state index in [0.717, 1.165) is 11.1 Å². The number of esters is 2. The molecule has 0 saturated carbocycles. The summed E-state index contributed by atoms with van der Waals surface area (Å²) in [6.45, 7) is 10.4. The molecule has 2 rings (SSSR count). The van der Waals surface area contributed by atoms with Crippen molar-refractivity contribution in [3.63, 3.8) is 0 Å². The quantitative estimate of drug-likeness (QED) is 0.352. The second kappa shape index (κ2) is 11.7. The molecule has 0 aliphatic rings. The highest BCUT2D eigenvalue weighted by atomic mass is 19.1. The summed E-state index contributed by atoms with van der Waals surface area (Å²) in [6, 6.07) is 5.98. The van der Waals surface area contributed by atoms with Gasteiger partial charge in [-0.25, -0.2) is 9.37 Å². The highest BCUT2D eigenvalue weighted by Gasteiger charge is 2.28. The average molecular weight is 474 g/mol. The Morgan fingerprint density at radius 1 is 1.03 bits per heavy atom. The number of methoxy groups -OCH3 is 1. The normalized spacial score (nSPS) is 13.7. The van der Waals surface area contributed by atoms with Crippen molar-refractivity contribution in [3.8, 4) is 11.5 Å². The Bertz CT molecular complexity index is 1050. The highest BCUT2D eigenvalue weighted by Crippen LogP contribution is 2.32. The fourth-order valence-corrected chi connectivity index (χ4v) is 3.37. The molecule has 34 heavy (non-hydrogen) atoms. The lowest BCUT2D eigenvalue weighted by Crippen LogP contribution is -2.26. The standard InChI is InChI=1S/C26H32FNO6/c1-14(2)25(30)34-24-22(32-7)10-11-28-23(24)21(29)13-16(4)26(31)33-18(6)17(5)20-9-8-19(27)12-15(20)3/h8-12,14,16-18H,13H2,1-7H3/t16-,17+,18+/m1/s1. The van der Waals surface area contributed by atoms with Gasteiger partial charge in [-0.05, 0) is 37.1 Å². The fraction of sp³-hybridized carbons (Fsp3) is 0.462. The second-order valence-corrected chi connectivity index (χ2v) is 8.73. The van der Waals surface area contributed by atoms with Gasteiger partial charge in [-0.2, -0.15) is 0 Å². The molecule has 7 nitrogen and oxygen atoms in total. The number of ether oxygens (including phenoxy) is 3. The van der Waals surface area contributed by atoms with Crippen LogP contribution in [0.3, 0.4) is 0 Å². The Morgan fingerprint density at radius 2 is 1.71 bits per heavy atom. The van der Waals surface area contributed by atoms with Crippen molar-refractivity contribution >= 4 is 17.7 Å². The van der Waals surface area contributed by atoms with Crippen molar-refractivity contribution in [2.75, 3.05) is 7.11 Å². The van der Waals surface area contributed by atoms with E-state index in [1.165, 1.54) is 31.5 Å². The minimum atomic E-state index is -0.766. The number of hydrogen-bond acceptors (Lipinski definition) is 7. The van der Waals surface area contributed by atoms with Crippen molar-refractivity contribution in [2.45, 2.75) is 60.0 Å². The molecule has 2 aromatic rings. The lowest BCUT2D eigenvalue weighted by Gasteiger charge is -2.24. The molecule has 0 aliphatic carbocycles. The van der Waals surface area contributed by atoms with Crippen molar-refractivity contribution in [1.29, 1.82) is 0 Å². The van der Waals surface area contributed by atoms with Crippen molar-refractivity contribution in [1.82, 2.24) is 4.98 Å². The Balaban J connectivity index is 2.11. The van der Waals surface area contributed by atoms with Crippen LogP contribution in [0.5, 0.6) is 11.5 Å². The van der Waals surface area contributed by atoms with Crippen LogP contribution in [-0.2, 0) is 14.3 Å². The van der Waals surface area contributed by atoms with Gasteiger partial charge in [-0.1, -0.05) is 33.8 Å². The zero-order valence-electron chi connectivity index (χ0n) is 20.7. The highest BCUT2D eigenvalue weighted by molar-refractivity contribution is 6.00. The van der Waals surface area contributed by atoms with Crippen LogP contribution >= 0.6 is 0 Å². The van der Waals surface area contributed by atoms with E-state index < -0.39 is 35.7 Å². The van der Waals surface area contributed by atoms with E-state index in [0.29, 0.717) is 0 Å². The first-order valence-corrected chi connectivity index (χ1v) is 11.2. The summed E-state index contributed by atoms with van der Waals surface area (Å²) in [5.41, 5.74) is 1.56. The average Bonchev–Trinajstić information content (AvgIpc) is 2.78. The van der Waals surface area contributed by atoms with Crippen LogP contribution < -0.4 is 9.47 Å². The molecular weight excluding hydrogens is 441 g/mol. The summed E-state index contributed by atoms with van der Waals surface area (Å²) in [5, 5.41) is 0. The Kier molecular flexibility index (Phi) is 9.29. The molecule has 1 aromatic carbocycles. The maximum Gasteiger partial charge on any atom is 0.313 e. The number of carbonyl (C=O) groups excluding carboxylic acids is 3. The van der Waals surface area contributed by atoms with Crippen LogP contribution in [0.25, 0.3) is 0 Å². The molecular formula is C26H32FNO6. The van der Waals surface area contributed by atoms with Gasteiger partial charge in [0.25, 0.3) is 0 Å². The predicted octanol–water partition coefficient (Wildman–Crippen LogP) is 5.04. The molecule has 184 valence electrons. The molecule has 0 spiro atoms. The molecule has 0 amide bonds. The van der Waals surface area contributed by atoms with Gasteiger partial charge in [0.15, 0.2) is 17.2 Å². The van der Waals surface area contributed by atoms with E-state index in [9.17, 15) is 18.8 Å². The zero-order chi connectivity index (χ0) is 25.6. The number of carbonyl (C=O) groups is 3. The molecule has 0 saturated heterocycles. The van der Waals surface area contributed by atoms with E-state index in [1.807, 2.05) is 6.92 Å². The third-order valence-corrected chi connectivity index (χ3v) is 5.65. The lowest BCUT2D eigenvalue weighted by molar-refractivity contribution is -0.153. The van der Waals surface area contributed by atoms with Crippen LogP contribution in [0.4, 0.5) is 4.39 Å². The first-order valence-electron chi connectivity index (χ1n) is 11.2. The molecule has 0 fully saturated rings. The number of aromatic nitrogens is 1. The first-order chi connectivity index (χ1) is 16.0. The number of halogens is 1. The maximum atomic E-state index is 13.4. The number of ketones is 1. The Hall–Kier alpha value is -3.29. The minimum absolute atomic E-state index is 0.0666. The van der Waals surface area contributed by atoms with Crippen LogP contribution in [0, 0.1) is 24.6 Å². The molecule has 1 aromatic heterocycles. The van der Waals surface area contributed by atoms with Gasteiger partial charge >= 0.3 is 11.9 Å². The SMILES string of the molecule is COc1ccnc(C(=O)C[C@@H](C)C(=O)O[C@@H](C)[C@H](C)c2ccc(F)cc2C)c1OC(=O)C(C)C. The Morgan fingerprint density at radius 3 is 2.29 bits per heavy atom. The van der Waals surface area contributed by atoms with Gasteiger partial charge in [0.1, 0.15) is 11.9 Å². The van der Waals surface area contributed by atoms with Crippen molar-refractivity contribution in [2.24, 2.45) is 11.8 Å². The summed E-state index contributed by atoms with van der Waals surface area (Å²) in [4.78, 5) is 41.9. The van der Waals surface area contributed by atoms with E-state index in [4.69, 9.17) is 14.2 Å². The Labute approximate surface area is 199 Å². The minimum Gasteiger partial charge on any atom is -0.493 e. The third-order valence-electron chi connectivity index (χ3n) is 5.65. The number of benzene rings is 1. The molecule has 0 N–H and O–H groups in total. The van der Waals surface area contributed by atoms with Gasteiger partial charge in [0, 0.05) is 24.6 Å². The number of nitrogens with zero attached hydrogens (tertiary/aromatic N) is 1. The monoisotopic (exact) mass is 473 g/mol. The fourth-order valence-electron chi connectivity index (χ4n) is 3.37. The molecule has 0 bridgehead atoms. The van der Waals surface area contributed by atoms with Gasteiger partial charge in [-0.3, -0.25) is 14.4 Å². The summed E-state index contributed by atoms with van der Waals surface area (Å²) < 4.78 is 29.6. The first kappa shape index (κ1) is 27.0. The third kappa shape index (κ3) is 6.62. The molecule has 0 aliphatic heterocycles. The number of pyridine rings is 1. The van der Waals surface area contributed by atoms with Gasteiger partial charge < -0.3 is 14.2 Å². The molecule has 8 heteroatoms. The molecule has 0 unspecified atom stereocenters. The molecule has 0 radical (unpaired) electrons. The molecule has 1 heterocycles. The van der Waals surface area contributed by atoms with Gasteiger partial charge in [0.05, 0.1) is 18.9 Å². The van der Waals surface area contributed by atoms with Crippen LogP contribution in [0.2, 0.25) is 0 Å². The number of Topliss-reactive ketones (excluding diaryl/α,β-unsaturated/α-hetero) is 1. The van der Waals surface area contributed by atoms with Crippen LogP contribution in [0.1, 0.15) is 68.6 Å². The maximum absolute atomic E-state index is 13.4. The lowest BCUT2D eigenvalue weighted by atomic mass is 9.92. The number of aryl methyl sites for hydroxylation is 1. The number of rotatable bonds is 10. The zero-order valence-corrected chi connectivity index (χ0v) is 20.7. The van der Waals surface area contributed by atoms with Gasteiger partial charge in [0.2, 0.25) is 5.75 Å². The predicted molar refractivity (Wildman–Crippen MR) is 124 cm³/mol. The van der Waals surface area contributed by atoms with Crippen molar-refractivity contribution < 1.29 is 33.0 Å². The summed E-state index contributed by atoms with van der Waals surface area (Å²) in [6.07, 6.45) is 0.685. The summed E-state index contributed by atoms with van der Waals surface area (Å²) >= 11 is 0. The van der Waals surface area contributed by atoms with Gasteiger partial charge in [-0.15, -0.1) is 0 Å². The largest absolute Gasteiger partial charge is 0.493 e. The topological polar surface area (TPSA) is 91.8 Å². The van der Waals surface area contributed by atoms with Crippen LogP contribution in [0.15, 0.2) is 30.5 Å². The van der Waals surface area contributed by atoms with Crippen molar-refractivity contribution in [3.05, 3.63) is 53.1 Å². The smallest absolute Gasteiger partial charge is 0.313 e. The molecule has 3 atom stereocenters. The van der Waals surface area contributed by atoms with Crippen LogP contribution in [-0.4, -0.2) is 35.9 Å². The van der Waals surface area contributed by atoms with E-state index in [1.54, 1.807) is 40.7 Å². The van der Waals surface area contributed by atoms with E-state index in [2.05, 4.69) is 4.98 Å². The van der Waals surface area contributed by atoms with E-state index in [-0.39, 0.29) is 35.3 Å².